The summed E-state index contributed by atoms with van der Waals surface area (Å²) in [6.07, 6.45) is 1.34. The van der Waals surface area contributed by atoms with E-state index in [0.717, 1.165) is 5.56 Å². The van der Waals surface area contributed by atoms with Crippen LogP contribution in [0.2, 0.25) is 5.02 Å². The van der Waals surface area contributed by atoms with Crippen molar-refractivity contribution in [1.82, 2.24) is 10.5 Å². The predicted octanol–water partition coefficient (Wildman–Crippen LogP) is 1.63. The lowest BCUT2D eigenvalue weighted by molar-refractivity contribution is -0.126. The van der Waals surface area contributed by atoms with E-state index in [0.29, 0.717) is 29.3 Å². The number of aromatic nitrogens is 1. The minimum absolute atomic E-state index is 0.178. The Morgan fingerprint density at radius 3 is 2.59 bits per heavy atom. The van der Waals surface area contributed by atoms with E-state index in [1.165, 1.54) is 0 Å². The summed E-state index contributed by atoms with van der Waals surface area (Å²) in [7, 11) is 0. The average molecular weight is 320 g/mol. The van der Waals surface area contributed by atoms with Crippen LogP contribution in [0.1, 0.15) is 18.5 Å². The van der Waals surface area contributed by atoms with Gasteiger partial charge in [-0.2, -0.15) is 0 Å². The zero-order valence-corrected chi connectivity index (χ0v) is 12.4. The van der Waals surface area contributed by atoms with Crippen molar-refractivity contribution in [2.24, 2.45) is 5.73 Å². The Morgan fingerprint density at radius 1 is 1.32 bits per heavy atom. The largest absolute Gasteiger partial charge is 0.368 e. The van der Waals surface area contributed by atoms with Gasteiger partial charge >= 0.3 is 0 Å². The molecule has 1 aliphatic carbocycles. The van der Waals surface area contributed by atoms with Crippen molar-refractivity contribution in [1.29, 1.82) is 0 Å². The van der Waals surface area contributed by atoms with Crippen LogP contribution in [0.4, 0.5) is 0 Å². The summed E-state index contributed by atoms with van der Waals surface area (Å²) in [6.45, 7) is -0.178. The van der Waals surface area contributed by atoms with E-state index in [1.807, 2.05) is 12.1 Å². The molecule has 1 fully saturated rings. The average Bonchev–Trinajstić information content (AvgIpc) is 3.16. The van der Waals surface area contributed by atoms with E-state index < -0.39 is 11.3 Å². The first-order chi connectivity index (χ1) is 10.5. The van der Waals surface area contributed by atoms with Crippen molar-refractivity contribution in [2.45, 2.75) is 18.3 Å². The van der Waals surface area contributed by atoms with Gasteiger partial charge in [0, 0.05) is 16.7 Å². The summed E-state index contributed by atoms with van der Waals surface area (Å²) >= 11 is 5.85. The summed E-state index contributed by atoms with van der Waals surface area (Å²) in [5, 5.41) is 7.17. The summed E-state index contributed by atoms with van der Waals surface area (Å²) in [4.78, 5) is 23.0. The van der Waals surface area contributed by atoms with Crippen molar-refractivity contribution >= 4 is 23.4 Å². The molecule has 3 N–H and O–H groups in total. The molecule has 2 aromatic rings. The van der Waals surface area contributed by atoms with Gasteiger partial charge in [0.2, 0.25) is 11.8 Å². The van der Waals surface area contributed by atoms with Crippen molar-refractivity contribution in [3.63, 3.8) is 0 Å². The molecule has 0 radical (unpaired) electrons. The molecule has 114 valence electrons. The molecule has 1 aliphatic rings. The molecule has 22 heavy (non-hydrogen) atoms. The Bertz CT molecular complexity index is 720. The van der Waals surface area contributed by atoms with Gasteiger partial charge in [0.15, 0.2) is 5.76 Å². The number of nitrogens with two attached hydrogens (primary N) is 1. The van der Waals surface area contributed by atoms with Gasteiger partial charge < -0.3 is 15.6 Å². The van der Waals surface area contributed by atoms with Gasteiger partial charge in [-0.25, -0.2) is 0 Å². The first-order valence-corrected chi connectivity index (χ1v) is 7.19. The van der Waals surface area contributed by atoms with E-state index in [1.54, 1.807) is 18.2 Å². The van der Waals surface area contributed by atoms with Gasteiger partial charge in [-0.15, -0.1) is 0 Å². The third-order valence-corrected chi connectivity index (χ3v) is 3.99. The highest BCUT2D eigenvalue weighted by molar-refractivity contribution is 6.30. The summed E-state index contributed by atoms with van der Waals surface area (Å²) < 4.78 is 5.33. The fourth-order valence-corrected chi connectivity index (χ4v) is 2.44. The summed E-state index contributed by atoms with van der Waals surface area (Å²) in [5.74, 6) is -0.256. The minimum Gasteiger partial charge on any atom is -0.368 e. The third-order valence-electron chi connectivity index (χ3n) is 3.74. The van der Waals surface area contributed by atoms with E-state index >= 15 is 0 Å². The lowest BCUT2D eigenvalue weighted by atomic mass is 10.0. The van der Waals surface area contributed by atoms with Gasteiger partial charge in [-0.05, 0) is 37.1 Å². The quantitative estimate of drug-likeness (QED) is 0.875. The number of carbonyl (C=O) groups excluding carboxylic acids is 2. The number of hydrogen-bond donors (Lipinski definition) is 2. The molecule has 1 heterocycles. The number of benzene rings is 1. The third kappa shape index (κ3) is 2.69. The molecule has 2 amide bonds. The molecule has 6 nitrogen and oxygen atoms in total. The smallest absolute Gasteiger partial charge is 0.236 e. The topological polar surface area (TPSA) is 98.2 Å². The molecule has 3 rings (SSSR count). The normalized spacial score (nSPS) is 15.3. The number of carbonyl (C=O) groups is 2. The maximum Gasteiger partial charge on any atom is 0.236 e. The number of hydrogen-bond acceptors (Lipinski definition) is 4. The van der Waals surface area contributed by atoms with Crippen LogP contribution in [0.3, 0.4) is 0 Å². The molecular formula is C15H14ClN3O3. The molecule has 0 spiro atoms. The van der Waals surface area contributed by atoms with Gasteiger partial charge in [0.05, 0.1) is 17.7 Å². The molecule has 0 unspecified atom stereocenters. The van der Waals surface area contributed by atoms with E-state index in [2.05, 4.69) is 10.5 Å². The van der Waals surface area contributed by atoms with Crippen LogP contribution in [0.15, 0.2) is 34.9 Å². The highest BCUT2D eigenvalue weighted by Crippen LogP contribution is 2.48. The number of primary amides is 1. The van der Waals surface area contributed by atoms with Gasteiger partial charge in [-0.3, -0.25) is 9.59 Å². The second kappa shape index (κ2) is 5.46. The van der Waals surface area contributed by atoms with Crippen LogP contribution >= 0.6 is 11.6 Å². The van der Waals surface area contributed by atoms with Crippen molar-refractivity contribution in [3.05, 3.63) is 41.0 Å². The standard InChI is InChI=1S/C15H14ClN3O3/c16-10-3-1-9(2-4-10)11-7-12(19-22-11)15(5-6-15)14(21)18-8-13(17)20/h1-4,7H,5-6,8H2,(H2,17,20)(H,18,21). The van der Waals surface area contributed by atoms with E-state index in [9.17, 15) is 9.59 Å². The maximum absolute atomic E-state index is 12.2. The van der Waals surface area contributed by atoms with Crippen molar-refractivity contribution < 1.29 is 14.1 Å². The second-order valence-electron chi connectivity index (χ2n) is 5.31. The molecule has 0 aliphatic heterocycles. The molecule has 1 aromatic heterocycles. The number of nitrogens with one attached hydrogen (secondary N) is 1. The first-order valence-electron chi connectivity index (χ1n) is 6.81. The Labute approximate surface area is 131 Å². The molecule has 0 saturated heterocycles. The fraction of sp³-hybridized carbons (Fsp3) is 0.267. The van der Waals surface area contributed by atoms with Gasteiger partial charge in [-0.1, -0.05) is 16.8 Å². The van der Waals surface area contributed by atoms with Crippen molar-refractivity contribution in [3.8, 4) is 11.3 Å². The SMILES string of the molecule is NC(=O)CNC(=O)C1(c2cc(-c3ccc(Cl)cc3)on2)CC1. The monoisotopic (exact) mass is 319 g/mol. The molecule has 7 heteroatoms. The number of halogens is 1. The Balaban J connectivity index is 1.80. The lowest BCUT2D eigenvalue weighted by Crippen LogP contribution is -2.39. The highest BCUT2D eigenvalue weighted by Gasteiger charge is 2.53. The highest BCUT2D eigenvalue weighted by atomic mass is 35.5. The number of rotatable bonds is 5. The minimum atomic E-state index is -0.705. The summed E-state index contributed by atoms with van der Waals surface area (Å²) in [5.41, 5.74) is 5.73. The summed E-state index contributed by atoms with van der Waals surface area (Å²) in [6, 6.07) is 8.90. The van der Waals surface area contributed by atoms with Crippen LogP contribution in [0.5, 0.6) is 0 Å². The molecule has 1 aromatic carbocycles. The van der Waals surface area contributed by atoms with Crippen LogP contribution < -0.4 is 11.1 Å². The zero-order valence-electron chi connectivity index (χ0n) is 11.6. The Morgan fingerprint density at radius 2 is 2.00 bits per heavy atom. The Kier molecular flexibility index (Phi) is 3.62. The zero-order chi connectivity index (χ0) is 15.7. The van der Waals surface area contributed by atoms with Crippen molar-refractivity contribution in [2.75, 3.05) is 6.54 Å². The number of amides is 2. The predicted molar refractivity (Wildman–Crippen MR) is 80.1 cm³/mol. The van der Waals surface area contributed by atoms with Crippen LogP contribution in [-0.4, -0.2) is 23.5 Å². The number of nitrogens with zero attached hydrogens (tertiary/aromatic N) is 1. The molecule has 0 atom stereocenters. The van der Waals surface area contributed by atoms with Crippen LogP contribution in [0, 0.1) is 0 Å². The van der Waals surface area contributed by atoms with Gasteiger partial charge in [0.1, 0.15) is 0 Å². The molecule has 1 saturated carbocycles. The maximum atomic E-state index is 12.2. The second-order valence-corrected chi connectivity index (χ2v) is 5.75. The van der Waals surface area contributed by atoms with Crippen LogP contribution in [0.25, 0.3) is 11.3 Å². The van der Waals surface area contributed by atoms with Gasteiger partial charge in [0.25, 0.3) is 0 Å². The first kappa shape index (κ1) is 14.6. The van der Waals surface area contributed by atoms with Crippen LogP contribution in [-0.2, 0) is 15.0 Å². The molecular weight excluding hydrogens is 306 g/mol. The van der Waals surface area contributed by atoms with E-state index in [4.69, 9.17) is 21.9 Å². The molecule has 0 bridgehead atoms. The fourth-order valence-electron chi connectivity index (χ4n) is 2.31. The Hall–Kier alpha value is -2.34. The lowest BCUT2D eigenvalue weighted by Gasteiger charge is -2.10. The van der Waals surface area contributed by atoms with E-state index in [-0.39, 0.29) is 12.5 Å².